The van der Waals surface area contributed by atoms with Crippen LogP contribution in [-0.2, 0) is 13.2 Å². The van der Waals surface area contributed by atoms with Crippen molar-refractivity contribution in [1.29, 1.82) is 0 Å². The van der Waals surface area contributed by atoms with Gasteiger partial charge >= 0.3 is 0 Å². The smallest absolute Gasteiger partial charge is 0.127 e. The second-order valence-electron chi connectivity index (χ2n) is 5.63. The molecule has 0 spiro atoms. The van der Waals surface area contributed by atoms with Crippen molar-refractivity contribution in [2.45, 2.75) is 39.0 Å². The van der Waals surface area contributed by atoms with Gasteiger partial charge in [-0.15, -0.1) is 0 Å². The zero-order chi connectivity index (χ0) is 14.7. The fourth-order valence-corrected chi connectivity index (χ4v) is 2.46. The highest BCUT2D eigenvalue weighted by molar-refractivity contribution is 6.30. The van der Waals surface area contributed by atoms with E-state index in [1.807, 2.05) is 24.3 Å². The van der Waals surface area contributed by atoms with E-state index in [-0.39, 0.29) is 0 Å². The van der Waals surface area contributed by atoms with Gasteiger partial charge in [0.05, 0.1) is 0 Å². The molecule has 0 amide bonds. The minimum atomic E-state index is 0.568. The molecule has 3 heteroatoms. The molecule has 0 aromatic heterocycles. The molecule has 1 N–H and O–H groups in total. The number of hydrogen-bond donors (Lipinski definition) is 1. The molecule has 3 rings (SSSR count). The van der Waals surface area contributed by atoms with Crippen LogP contribution < -0.4 is 10.1 Å². The van der Waals surface area contributed by atoms with Crippen LogP contribution in [0.15, 0.2) is 42.5 Å². The number of hydrogen-bond acceptors (Lipinski definition) is 2. The van der Waals surface area contributed by atoms with Gasteiger partial charge < -0.3 is 10.1 Å². The van der Waals surface area contributed by atoms with E-state index in [4.69, 9.17) is 16.3 Å². The van der Waals surface area contributed by atoms with E-state index in [1.54, 1.807) is 0 Å². The first-order valence-electron chi connectivity index (χ1n) is 7.41. The van der Waals surface area contributed by atoms with Gasteiger partial charge in [-0.3, -0.25) is 0 Å². The summed E-state index contributed by atoms with van der Waals surface area (Å²) in [6, 6.07) is 14.8. The summed E-state index contributed by atoms with van der Waals surface area (Å²) in [5.41, 5.74) is 3.54. The molecule has 110 valence electrons. The van der Waals surface area contributed by atoms with Gasteiger partial charge in [0.1, 0.15) is 12.4 Å². The van der Waals surface area contributed by atoms with Gasteiger partial charge in [0.25, 0.3) is 0 Å². The Morgan fingerprint density at radius 2 is 1.90 bits per heavy atom. The molecule has 0 unspecified atom stereocenters. The lowest BCUT2D eigenvalue weighted by Crippen LogP contribution is -2.16. The Balaban J connectivity index is 1.69. The molecule has 1 aliphatic carbocycles. The SMILES string of the molecule is Cc1cccc(CNC2CC2)c1OCc1ccc(Cl)cc1. The van der Waals surface area contributed by atoms with E-state index in [0.717, 1.165) is 22.9 Å². The molecular formula is C18H20ClNO. The monoisotopic (exact) mass is 301 g/mol. The zero-order valence-corrected chi connectivity index (χ0v) is 13.0. The minimum absolute atomic E-state index is 0.568. The average molecular weight is 302 g/mol. The van der Waals surface area contributed by atoms with Crippen LogP contribution in [0.4, 0.5) is 0 Å². The quantitative estimate of drug-likeness (QED) is 0.849. The lowest BCUT2D eigenvalue weighted by atomic mass is 10.1. The van der Waals surface area contributed by atoms with Crippen LogP contribution in [0.3, 0.4) is 0 Å². The summed E-state index contributed by atoms with van der Waals surface area (Å²) >= 11 is 5.91. The molecule has 21 heavy (non-hydrogen) atoms. The van der Waals surface area contributed by atoms with Crippen molar-refractivity contribution in [3.63, 3.8) is 0 Å². The van der Waals surface area contributed by atoms with Crippen molar-refractivity contribution in [2.75, 3.05) is 0 Å². The highest BCUT2D eigenvalue weighted by atomic mass is 35.5. The van der Waals surface area contributed by atoms with E-state index in [9.17, 15) is 0 Å². The summed E-state index contributed by atoms with van der Waals surface area (Å²) in [6.45, 7) is 3.54. The average Bonchev–Trinajstić information content (AvgIpc) is 3.30. The van der Waals surface area contributed by atoms with E-state index in [1.165, 1.54) is 24.0 Å². The van der Waals surface area contributed by atoms with Gasteiger partial charge in [0.15, 0.2) is 0 Å². The van der Waals surface area contributed by atoms with Crippen LogP contribution in [-0.4, -0.2) is 6.04 Å². The first kappa shape index (κ1) is 14.4. The Morgan fingerprint density at radius 1 is 1.14 bits per heavy atom. The van der Waals surface area contributed by atoms with Gasteiger partial charge in [-0.2, -0.15) is 0 Å². The summed E-state index contributed by atoms with van der Waals surface area (Å²) in [5, 5.41) is 4.30. The van der Waals surface area contributed by atoms with Gasteiger partial charge in [0, 0.05) is 23.2 Å². The number of para-hydroxylation sites is 1. The fraction of sp³-hybridized carbons (Fsp3) is 0.333. The molecule has 1 saturated carbocycles. The maximum absolute atomic E-state index is 6.06. The summed E-state index contributed by atoms with van der Waals surface area (Å²) < 4.78 is 6.06. The third-order valence-electron chi connectivity index (χ3n) is 3.75. The highest BCUT2D eigenvalue weighted by Crippen LogP contribution is 2.26. The molecule has 0 bridgehead atoms. The van der Waals surface area contributed by atoms with E-state index < -0.39 is 0 Å². The van der Waals surface area contributed by atoms with Crippen LogP contribution in [0.2, 0.25) is 5.02 Å². The van der Waals surface area contributed by atoms with Crippen LogP contribution in [0.25, 0.3) is 0 Å². The molecule has 1 fully saturated rings. The van der Waals surface area contributed by atoms with Gasteiger partial charge in [-0.05, 0) is 43.0 Å². The second-order valence-corrected chi connectivity index (χ2v) is 6.07. The van der Waals surface area contributed by atoms with Crippen molar-refractivity contribution < 1.29 is 4.74 Å². The Hall–Kier alpha value is -1.51. The molecule has 2 nitrogen and oxygen atoms in total. The van der Waals surface area contributed by atoms with E-state index >= 15 is 0 Å². The highest BCUT2D eigenvalue weighted by Gasteiger charge is 2.20. The summed E-state index contributed by atoms with van der Waals surface area (Å²) in [4.78, 5) is 0. The first-order valence-corrected chi connectivity index (χ1v) is 7.79. The Bertz CT molecular complexity index is 605. The molecular weight excluding hydrogens is 282 g/mol. The van der Waals surface area contributed by atoms with Gasteiger partial charge in [0.2, 0.25) is 0 Å². The molecule has 0 atom stereocenters. The van der Waals surface area contributed by atoms with Crippen LogP contribution in [0, 0.1) is 6.92 Å². The molecule has 0 aliphatic heterocycles. The number of ether oxygens (including phenoxy) is 1. The standard InChI is InChI=1S/C18H20ClNO/c1-13-3-2-4-15(11-20-17-9-10-17)18(13)21-12-14-5-7-16(19)8-6-14/h2-8,17,20H,9-12H2,1H3. The van der Waals surface area contributed by atoms with Crippen LogP contribution in [0.1, 0.15) is 29.5 Å². The third kappa shape index (κ3) is 3.99. The summed E-state index contributed by atoms with van der Waals surface area (Å²) in [5.74, 6) is 1.00. The Morgan fingerprint density at radius 3 is 2.62 bits per heavy atom. The fourth-order valence-electron chi connectivity index (χ4n) is 2.34. The number of benzene rings is 2. The lowest BCUT2D eigenvalue weighted by molar-refractivity contribution is 0.300. The summed E-state index contributed by atoms with van der Waals surface area (Å²) in [6.07, 6.45) is 2.60. The van der Waals surface area contributed by atoms with Gasteiger partial charge in [-0.25, -0.2) is 0 Å². The van der Waals surface area contributed by atoms with E-state index in [2.05, 4.69) is 30.4 Å². The zero-order valence-electron chi connectivity index (χ0n) is 12.2. The van der Waals surface area contributed by atoms with E-state index in [0.29, 0.717) is 12.6 Å². The molecule has 2 aromatic carbocycles. The normalized spacial score (nSPS) is 14.2. The molecule has 2 aromatic rings. The van der Waals surface area contributed by atoms with Crippen molar-refractivity contribution in [1.82, 2.24) is 5.32 Å². The Labute approximate surface area is 131 Å². The van der Waals surface area contributed by atoms with Crippen LogP contribution in [0.5, 0.6) is 5.75 Å². The largest absolute Gasteiger partial charge is 0.488 e. The third-order valence-corrected chi connectivity index (χ3v) is 4.00. The number of nitrogens with one attached hydrogen (secondary N) is 1. The Kier molecular flexibility index (Phi) is 4.47. The predicted octanol–water partition coefficient (Wildman–Crippen LogP) is 4.48. The van der Waals surface area contributed by atoms with Crippen molar-refractivity contribution in [3.05, 3.63) is 64.2 Å². The van der Waals surface area contributed by atoms with Crippen molar-refractivity contribution in [3.8, 4) is 5.75 Å². The van der Waals surface area contributed by atoms with Crippen molar-refractivity contribution >= 4 is 11.6 Å². The first-order chi connectivity index (χ1) is 10.2. The van der Waals surface area contributed by atoms with Gasteiger partial charge in [-0.1, -0.05) is 41.9 Å². The maximum Gasteiger partial charge on any atom is 0.127 e. The minimum Gasteiger partial charge on any atom is -0.488 e. The van der Waals surface area contributed by atoms with Crippen LogP contribution >= 0.6 is 11.6 Å². The molecule has 0 saturated heterocycles. The molecule has 1 aliphatic rings. The molecule has 0 radical (unpaired) electrons. The maximum atomic E-state index is 6.06. The van der Waals surface area contributed by atoms with Crippen molar-refractivity contribution in [2.24, 2.45) is 0 Å². The molecule has 0 heterocycles. The number of aryl methyl sites for hydroxylation is 1. The topological polar surface area (TPSA) is 21.3 Å². The number of rotatable bonds is 6. The number of halogens is 1. The lowest BCUT2D eigenvalue weighted by Gasteiger charge is -2.15. The second kappa shape index (κ2) is 6.50. The summed E-state index contributed by atoms with van der Waals surface area (Å²) in [7, 11) is 0. The predicted molar refractivity (Wildman–Crippen MR) is 86.8 cm³/mol.